The molecule has 0 aliphatic rings. The Bertz CT molecular complexity index is 671. The Morgan fingerprint density at radius 3 is 2.00 bits per heavy atom. The van der Waals surface area contributed by atoms with E-state index in [1.54, 1.807) is 0 Å². The van der Waals surface area contributed by atoms with Crippen molar-refractivity contribution < 1.29 is 31.1 Å². The zero-order chi connectivity index (χ0) is 16.5. The van der Waals surface area contributed by atoms with Crippen molar-refractivity contribution in [1.82, 2.24) is 15.0 Å². The van der Waals surface area contributed by atoms with E-state index in [0.717, 1.165) is 6.07 Å². The first kappa shape index (κ1) is 16.3. The van der Waals surface area contributed by atoms with Gasteiger partial charge in [-0.1, -0.05) is 11.6 Å². The highest BCUT2D eigenvalue weighted by Gasteiger charge is 2.35. The van der Waals surface area contributed by atoms with Gasteiger partial charge in [0.05, 0.1) is 6.20 Å². The van der Waals surface area contributed by atoms with E-state index in [4.69, 9.17) is 11.6 Å². The van der Waals surface area contributed by atoms with E-state index in [0.29, 0.717) is 18.6 Å². The molecule has 0 aromatic carbocycles. The molecule has 0 amide bonds. The first-order chi connectivity index (χ1) is 10.1. The Hall–Kier alpha value is -2.10. The van der Waals surface area contributed by atoms with Crippen LogP contribution in [-0.2, 0) is 6.18 Å². The molecule has 0 spiro atoms. The zero-order valence-electron chi connectivity index (χ0n) is 10.2. The van der Waals surface area contributed by atoms with E-state index in [2.05, 4.69) is 19.7 Å². The van der Waals surface area contributed by atoms with Gasteiger partial charge in [0.2, 0.25) is 5.82 Å². The van der Waals surface area contributed by atoms with Crippen molar-refractivity contribution in [3.05, 3.63) is 35.6 Å². The third-order valence-electron chi connectivity index (χ3n) is 2.28. The Kier molecular flexibility index (Phi) is 4.14. The number of alkyl halides is 6. The highest BCUT2D eigenvalue weighted by molar-refractivity contribution is 6.29. The average Bonchev–Trinajstić information content (AvgIpc) is 2.38. The summed E-state index contributed by atoms with van der Waals surface area (Å²) in [6.07, 6.45) is -7.64. The summed E-state index contributed by atoms with van der Waals surface area (Å²) in [5.74, 6) is -2.16. The Labute approximate surface area is 123 Å². The molecule has 0 unspecified atom stereocenters. The van der Waals surface area contributed by atoms with Gasteiger partial charge in [-0.05, 0) is 6.07 Å². The monoisotopic (exact) mass is 343 g/mol. The van der Waals surface area contributed by atoms with Crippen LogP contribution in [0.4, 0.5) is 26.3 Å². The van der Waals surface area contributed by atoms with Crippen LogP contribution in [0.1, 0.15) is 5.82 Å². The highest BCUT2D eigenvalue weighted by atomic mass is 35.5. The number of rotatable bonds is 2. The maximum atomic E-state index is 12.4. The van der Waals surface area contributed by atoms with Gasteiger partial charge in [0, 0.05) is 23.5 Å². The van der Waals surface area contributed by atoms with Gasteiger partial charge >= 0.3 is 12.5 Å². The number of ether oxygens (including phenoxy) is 1. The third kappa shape index (κ3) is 3.97. The minimum absolute atomic E-state index is 0.142. The minimum Gasteiger partial charge on any atom is -0.403 e. The third-order valence-corrected chi connectivity index (χ3v) is 2.48. The molecule has 0 saturated carbocycles. The van der Waals surface area contributed by atoms with Crippen LogP contribution in [0.3, 0.4) is 0 Å². The Balaban J connectivity index is 2.45. The molecule has 2 aromatic rings. The van der Waals surface area contributed by atoms with Crippen LogP contribution < -0.4 is 4.74 Å². The molecule has 2 rings (SSSR count). The second-order valence-corrected chi connectivity index (χ2v) is 4.23. The molecule has 0 fully saturated rings. The summed E-state index contributed by atoms with van der Waals surface area (Å²) in [5, 5.41) is -0.176. The van der Waals surface area contributed by atoms with Gasteiger partial charge in [-0.3, -0.25) is 0 Å². The molecule has 118 valence electrons. The van der Waals surface area contributed by atoms with Gasteiger partial charge in [0.1, 0.15) is 5.15 Å². The molecule has 0 atom stereocenters. The number of pyridine rings is 1. The molecule has 4 nitrogen and oxygen atoms in total. The van der Waals surface area contributed by atoms with E-state index in [9.17, 15) is 26.3 Å². The summed E-state index contributed by atoms with van der Waals surface area (Å²) >= 11 is 5.57. The fraction of sp³-hybridized carbons (Fsp3) is 0.182. The molecule has 0 aliphatic heterocycles. The van der Waals surface area contributed by atoms with Crippen LogP contribution in [0, 0.1) is 0 Å². The number of hydrogen-bond donors (Lipinski definition) is 0. The van der Waals surface area contributed by atoms with E-state index >= 15 is 0 Å². The lowest BCUT2D eigenvalue weighted by Crippen LogP contribution is -2.18. The van der Waals surface area contributed by atoms with E-state index in [1.165, 1.54) is 0 Å². The summed E-state index contributed by atoms with van der Waals surface area (Å²) in [4.78, 5) is 9.54. The summed E-state index contributed by atoms with van der Waals surface area (Å²) in [6, 6.07) is 0.995. The topological polar surface area (TPSA) is 47.9 Å². The molecular formula is C11H4ClF6N3O. The second-order valence-electron chi connectivity index (χ2n) is 3.84. The molecule has 0 radical (unpaired) electrons. The summed E-state index contributed by atoms with van der Waals surface area (Å²) < 4.78 is 77.7. The number of hydrogen-bond acceptors (Lipinski definition) is 4. The molecule has 0 saturated heterocycles. The normalized spacial score (nSPS) is 12.3. The fourth-order valence-corrected chi connectivity index (χ4v) is 1.62. The summed E-state index contributed by atoms with van der Waals surface area (Å²) in [5.41, 5.74) is -0.386. The van der Waals surface area contributed by atoms with Gasteiger partial charge in [-0.2, -0.15) is 13.2 Å². The summed E-state index contributed by atoms with van der Waals surface area (Å²) in [7, 11) is 0. The Morgan fingerprint density at radius 1 is 0.909 bits per heavy atom. The highest BCUT2D eigenvalue weighted by Crippen LogP contribution is 2.35. The number of aromatic nitrogens is 3. The number of nitrogens with zero attached hydrogens (tertiary/aromatic N) is 3. The minimum atomic E-state index is -5.00. The van der Waals surface area contributed by atoms with Crippen LogP contribution in [0.5, 0.6) is 5.75 Å². The van der Waals surface area contributed by atoms with Gasteiger partial charge in [-0.15, -0.1) is 13.2 Å². The molecule has 11 heteroatoms. The SMILES string of the molecule is FC(F)(F)Oc1cnc(Cl)cc1-c1cnc(C(F)(F)F)nc1. The molecule has 2 aromatic heterocycles. The van der Waals surface area contributed by atoms with Crippen molar-refractivity contribution in [3.8, 4) is 16.9 Å². The van der Waals surface area contributed by atoms with E-state index in [-0.39, 0.29) is 16.3 Å². The van der Waals surface area contributed by atoms with Crippen LogP contribution in [0.2, 0.25) is 5.15 Å². The van der Waals surface area contributed by atoms with Crippen molar-refractivity contribution in [2.45, 2.75) is 12.5 Å². The van der Waals surface area contributed by atoms with Crippen molar-refractivity contribution >= 4 is 11.6 Å². The molecular weight excluding hydrogens is 340 g/mol. The van der Waals surface area contributed by atoms with Gasteiger partial charge in [0.15, 0.2) is 5.75 Å². The number of halogens is 7. The lowest BCUT2D eigenvalue weighted by molar-refractivity contribution is -0.274. The standard InChI is InChI=1S/C11H4ClF6N3O/c12-8-1-6(7(4-19-8)22-11(16,17)18)5-2-20-9(21-3-5)10(13,14)15/h1-4H. The smallest absolute Gasteiger partial charge is 0.403 e. The summed E-state index contributed by atoms with van der Waals surface area (Å²) in [6.45, 7) is 0. The predicted molar refractivity (Wildman–Crippen MR) is 62.0 cm³/mol. The van der Waals surface area contributed by atoms with Crippen molar-refractivity contribution in [3.63, 3.8) is 0 Å². The predicted octanol–water partition coefficient (Wildman–Crippen LogP) is 4.11. The van der Waals surface area contributed by atoms with Crippen LogP contribution in [0.15, 0.2) is 24.7 Å². The first-order valence-corrected chi connectivity index (χ1v) is 5.75. The van der Waals surface area contributed by atoms with Crippen LogP contribution in [0.25, 0.3) is 11.1 Å². The van der Waals surface area contributed by atoms with Crippen molar-refractivity contribution in [2.24, 2.45) is 0 Å². The lowest BCUT2D eigenvalue weighted by atomic mass is 10.1. The zero-order valence-corrected chi connectivity index (χ0v) is 11.0. The molecule has 2 heterocycles. The first-order valence-electron chi connectivity index (χ1n) is 5.37. The fourth-order valence-electron chi connectivity index (χ4n) is 1.46. The van der Waals surface area contributed by atoms with Crippen molar-refractivity contribution in [1.29, 1.82) is 0 Å². The Morgan fingerprint density at radius 2 is 1.50 bits per heavy atom. The lowest BCUT2D eigenvalue weighted by Gasteiger charge is -2.13. The van der Waals surface area contributed by atoms with Gasteiger partial charge in [0.25, 0.3) is 0 Å². The average molecular weight is 344 g/mol. The van der Waals surface area contributed by atoms with Crippen molar-refractivity contribution in [2.75, 3.05) is 0 Å². The van der Waals surface area contributed by atoms with E-state index in [1.807, 2.05) is 0 Å². The second kappa shape index (κ2) is 5.59. The van der Waals surface area contributed by atoms with Gasteiger partial charge in [-0.25, -0.2) is 15.0 Å². The molecule has 0 N–H and O–H groups in total. The van der Waals surface area contributed by atoms with Gasteiger partial charge < -0.3 is 4.74 Å². The molecule has 22 heavy (non-hydrogen) atoms. The van der Waals surface area contributed by atoms with Crippen LogP contribution >= 0.6 is 11.6 Å². The quantitative estimate of drug-likeness (QED) is 0.608. The maximum Gasteiger partial charge on any atom is 0.573 e. The largest absolute Gasteiger partial charge is 0.573 e. The van der Waals surface area contributed by atoms with E-state index < -0.39 is 24.1 Å². The molecule has 0 aliphatic carbocycles. The van der Waals surface area contributed by atoms with Crippen LogP contribution in [-0.4, -0.2) is 21.3 Å². The molecule has 0 bridgehead atoms. The maximum absolute atomic E-state index is 12.4.